The van der Waals surface area contributed by atoms with Crippen molar-refractivity contribution in [2.45, 2.75) is 12.5 Å². The Balaban J connectivity index is 2.65. The first kappa shape index (κ1) is 11.1. The van der Waals surface area contributed by atoms with E-state index in [1.807, 2.05) is 0 Å². The SMILES string of the molecule is N[C@@H]1CC(=O)[O][Pb]([O][N+](=O)[O-])[O]C1=O. The van der Waals surface area contributed by atoms with Gasteiger partial charge in [0.1, 0.15) is 0 Å². The third-order valence-corrected chi connectivity index (χ3v) is 5.34. The molecule has 1 radical (unpaired) electrons. The van der Waals surface area contributed by atoms with Crippen LogP contribution >= 0.6 is 0 Å². The first-order valence-electron chi connectivity index (χ1n) is 3.36. The number of rotatable bonds is 2. The fourth-order valence-electron chi connectivity index (χ4n) is 0.674. The van der Waals surface area contributed by atoms with Gasteiger partial charge in [0.15, 0.2) is 0 Å². The van der Waals surface area contributed by atoms with Crippen molar-refractivity contribution in [2.75, 3.05) is 0 Å². The van der Waals surface area contributed by atoms with Crippen LogP contribution in [0.15, 0.2) is 0 Å². The molecule has 0 aromatic carbocycles. The van der Waals surface area contributed by atoms with Crippen molar-refractivity contribution >= 4 is 36.0 Å². The van der Waals surface area contributed by atoms with Crippen LogP contribution in [0, 0.1) is 10.1 Å². The summed E-state index contributed by atoms with van der Waals surface area (Å²) in [4.78, 5) is 31.7. The Morgan fingerprint density at radius 1 is 1.57 bits per heavy atom. The molecule has 0 spiro atoms. The van der Waals surface area contributed by atoms with Crippen LogP contribution in [0.3, 0.4) is 0 Å². The van der Waals surface area contributed by atoms with Crippen molar-refractivity contribution in [3.8, 4) is 0 Å². The number of hydrogen-bond donors (Lipinski definition) is 1. The van der Waals surface area contributed by atoms with E-state index in [1.165, 1.54) is 0 Å². The minimum absolute atomic E-state index is 0.353. The third kappa shape index (κ3) is 3.06. The number of nitrogens with two attached hydrogens (primary N) is 1. The van der Waals surface area contributed by atoms with E-state index in [1.54, 1.807) is 0 Å². The van der Waals surface area contributed by atoms with Gasteiger partial charge < -0.3 is 0 Å². The molecule has 1 rings (SSSR count). The molecular formula is C4H5N2O7Pb. The molecule has 0 amide bonds. The second kappa shape index (κ2) is 4.50. The molecule has 0 aromatic heterocycles. The molecule has 77 valence electrons. The second-order valence-electron chi connectivity index (χ2n) is 2.27. The summed E-state index contributed by atoms with van der Waals surface area (Å²) in [6.07, 6.45) is -0.353. The molecule has 1 fully saturated rings. The molecular weight excluding hydrogens is 395 g/mol. The second-order valence-corrected chi connectivity index (χ2v) is 6.51. The fraction of sp³-hybridized carbons (Fsp3) is 0.500. The summed E-state index contributed by atoms with van der Waals surface area (Å²) in [5.74, 6) is -1.72. The van der Waals surface area contributed by atoms with Crippen LogP contribution in [0.2, 0.25) is 0 Å². The van der Waals surface area contributed by atoms with Crippen molar-refractivity contribution < 1.29 is 22.8 Å². The van der Waals surface area contributed by atoms with Crippen molar-refractivity contribution in [2.24, 2.45) is 5.73 Å². The maximum absolute atomic E-state index is 10.9. The Morgan fingerprint density at radius 2 is 2.21 bits per heavy atom. The summed E-state index contributed by atoms with van der Waals surface area (Å²) in [7, 11) is 0. The Labute approximate surface area is 87.3 Å². The van der Waals surface area contributed by atoms with E-state index in [9.17, 15) is 19.7 Å². The van der Waals surface area contributed by atoms with Crippen LogP contribution in [0.4, 0.5) is 0 Å². The monoisotopic (exact) mass is 401 g/mol. The van der Waals surface area contributed by atoms with E-state index >= 15 is 0 Å². The van der Waals surface area contributed by atoms with Gasteiger partial charge in [-0.1, -0.05) is 0 Å². The van der Waals surface area contributed by atoms with E-state index < -0.39 is 47.1 Å². The summed E-state index contributed by atoms with van der Waals surface area (Å²) in [5.41, 5.74) is 5.19. The van der Waals surface area contributed by atoms with Gasteiger partial charge in [0.2, 0.25) is 0 Å². The normalized spacial score (nSPS) is 23.4. The molecule has 0 unspecified atom stereocenters. The van der Waals surface area contributed by atoms with Gasteiger partial charge in [-0.25, -0.2) is 0 Å². The van der Waals surface area contributed by atoms with E-state index in [0.717, 1.165) is 0 Å². The third-order valence-electron chi connectivity index (χ3n) is 1.22. The zero-order valence-electron chi connectivity index (χ0n) is 6.67. The molecule has 1 saturated heterocycles. The fourth-order valence-corrected chi connectivity index (χ4v) is 3.87. The first-order chi connectivity index (χ1) is 6.49. The molecule has 1 heterocycles. The summed E-state index contributed by atoms with van der Waals surface area (Å²) >= 11 is -4.10. The van der Waals surface area contributed by atoms with E-state index in [0.29, 0.717) is 0 Å². The Kier molecular flexibility index (Phi) is 3.56. The quantitative estimate of drug-likeness (QED) is 0.320. The van der Waals surface area contributed by atoms with Gasteiger partial charge in [0, 0.05) is 0 Å². The number of hydrogen-bond acceptors (Lipinski definition) is 8. The zero-order chi connectivity index (χ0) is 10.7. The number of carbonyl (C=O) groups is 2. The number of carbonyl (C=O) groups excluding carboxylic acids is 2. The van der Waals surface area contributed by atoms with Gasteiger partial charge in [-0.3, -0.25) is 0 Å². The Bertz CT molecular complexity index is 281. The van der Waals surface area contributed by atoms with Gasteiger partial charge in [-0.15, -0.1) is 0 Å². The average molecular weight is 400 g/mol. The van der Waals surface area contributed by atoms with Gasteiger partial charge in [-0.2, -0.15) is 0 Å². The van der Waals surface area contributed by atoms with E-state index in [4.69, 9.17) is 5.73 Å². The molecule has 1 atom stereocenters. The maximum atomic E-state index is 10.9. The van der Waals surface area contributed by atoms with Gasteiger partial charge in [0.25, 0.3) is 0 Å². The van der Waals surface area contributed by atoms with Crippen LogP contribution in [0.1, 0.15) is 6.42 Å². The summed E-state index contributed by atoms with van der Waals surface area (Å²) in [6.45, 7) is 0. The standard InChI is InChI=1S/C4H7NO4.NO3.Pb/c5-2(4(8)9)1-3(6)7;2-1(3)4;/h2H,1,5H2,(H,6,7)(H,8,9);;/q;-1;+3/p-2/t2-;;/m1../s1. The Hall–Kier alpha value is -0.978. The van der Waals surface area contributed by atoms with Crippen LogP contribution < -0.4 is 5.73 Å². The molecule has 0 saturated carbocycles. The van der Waals surface area contributed by atoms with Crippen molar-refractivity contribution in [1.82, 2.24) is 0 Å². The molecule has 0 bridgehead atoms. The van der Waals surface area contributed by atoms with Crippen molar-refractivity contribution in [1.29, 1.82) is 0 Å². The summed E-state index contributed by atoms with van der Waals surface area (Å²) < 4.78 is 12.9. The van der Waals surface area contributed by atoms with Crippen LogP contribution in [0.25, 0.3) is 0 Å². The van der Waals surface area contributed by atoms with Crippen molar-refractivity contribution in [3.05, 3.63) is 10.1 Å². The van der Waals surface area contributed by atoms with Crippen LogP contribution in [0.5, 0.6) is 0 Å². The zero-order valence-corrected chi connectivity index (χ0v) is 10.6. The average Bonchev–Trinajstić information content (AvgIpc) is 2.10. The molecule has 1 aliphatic heterocycles. The van der Waals surface area contributed by atoms with E-state index in [2.05, 4.69) is 8.16 Å². The minimum atomic E-state index is -4.10. The Morgan fingerprint density at radius 3 is 2.79 bits per heavy atom. The number of nitrogens with zero attached hydrogens (tertiary/aromatic N) is 1. The van der Waals surface area contributed by atoms with E-state index in [-0.39, 0.29) is 6.42 Å². The van der Waals surface area contributed by atoms with Gasteiger partial charge >= 0.3 is 87.1 Å². The molecule has 0 aliphatic carbocycles. The molecule has 9 nitrogen and oxygen atoms in total. The summed E-state index contributed by atoms with van der Waals surface area (Å²) in [6, 6.07) is -1.14. The molecule has 1 aliphatic rings. The molecule has 2 N–H and O–H groups in total. The first-order valence-corrected chi connectivity index (χ1v) is 8.12. The molecule has 0 aromatic rings. The predicted molar refractivity (Wildman–Crippen MR) is 38.6 cm³/mol. The van der Waals surface area contributed by atoms with Gasteiger partial charge in [-0.05, 0) is 0 Å². The van der Waals surface area contributed by atoms with Crippen LogP contribution in [-0.2, 0) is 17.8 Å². The summed E-state index contributed by atoms with van der Waals surface area (Å²) in [5, 5.41) is 8.74. The predicted octanol–water partition coefficient (Wildman–Crippen LogP) is -2.00. The molecule has 14 heavy (non-hydrogen) atoms. The topological polar surface area (TPSA) is 131 Å². The van der Waals surface area contributed by atoms with Gasteiger partial charge in [0.05, 0.1) is 0 Å². The molecule has 10 heteroatoms. The van der Waals surface area contributed by atoms with Crippen LogP contribution in [-0.4, -0.2) is 47.1 Å². The van der Waals surface area contributed by atoms with Crippen molar-refractivity contribution in [3.63, 3.8) is 0 Å².